The molecule has 20 heavy (non-hydrogen) atoms. The number of anilines is 1. The standard InChI is InChI=1S/C12H20N4O3S/c1-15-7-11(12(13)14-15)20(17,18)16(10-2-3-10)6-9-4-5-19-8-9/h7,9-10H,2-6,8H2,1H3,(H2,13,14). The summed E-state index contributed by atoms with van der Waals surface area (Å²) in [6.45, 7) is 1.88. The summed E-state index contributed by atoms with van der Waals surface area (Å²) in [5.41, 5.74) is 5.73. The topological polar surface area (TPSA) is 90.5 Å². The highest BCUT2D eigenvalue weighted by molar-refractivity contribution is 7.89. The lowest BCUT2D eigenvalue weighted by molar-refractivity contribution is 0.180. The third-order valence-corrected chi connectivity index (χ3v) is 5.76. The van der Waals surface area contributed by atoms with Gasteiger partial charge in [0, 0.05) is 32.4 Å². The predicted molar refractivity (Wildman–Crippen MR) is 73.5 cm³/mol. The molecule has 1 aromatic rings. The molecule has 2 N–H and O–H groups in total. The number of nitrogens with two attached hydrogens (primary N) is 1. The van der Waals surface area contributed by atoms with Crippen molar-refractivity contribution in [3.8, 4) is 0 Å². The molecule has 1 saturated heterocycles. The van der Waals surface area contributed by atoms with Gasteiger partial charge >= 0.3 is 0 Å². The van der Waals surface area contributed by atoms with Gasteiger partial charge in [-0.25, -0.2) is 8.42 Å². The van der Waals surface area contributed by atoms with Gasteiger partial charge < -0.3 is 10.5 Å². The van der Waals surface area contributed by atoms with Gasteiger partial charge in [-0.15, -0.1) is 0 Å². The van der Waals surface area contributed by atoms with Crippen LogP contribution in [0.4, 0.5) is 5.82 Å². The van der Waals surface area contributed by atoms with Crippen molar-refractivity contribution in [2.75, 3.05) is 25.5 Å². The predicted octanol–water partition coefficient (Wildman–Crippen LogP) is 0.192. The zero-order chi connectivity index (χ0) is 14.3. The summed E-state index contributed by atoms with van der Waals surface area (Å²) in [5, 5.41) is 3.94. The number of nitrogen functional groups attached to an aromatic ring is 1. The van der Waals surface area contributed by atoms with Crippen LogP contribution in [-0.4, -0.2) is 48.3 Å². The van der Waals surface area contributed by atoms with E-state index < -0.39 is 10.0 Å². The molecule has 1 unspecified atom stereocenters. The third kappa shape index (κ3) is 2.55. The molecule has 1 saturated carbocycles. The van der Waals surface area contributed by atoms with Gasteiger partial charge in [-0.2, -0.15) is 9.40 Å². The number of hydrogen-bond donors (Lipinski definition) is 1. The Kier molecular flexibility index (Phi) is 3.47. The van der Waals surface area contributed by atoms with Gasteiger partial charge in [0.05, 0.1) is 6.61 Å². The average Bonchev–Trinajstić information content (AvgIpc) is 2.96. The fraction of sp³-hybridized carbons (Fsp3) is 0.750. The zero-order valence-corrected chi connectivity index (χ0v) is 12.3. The van der Waals surface area contributed by atoms with Gasteiger partial charge in [0.1, 0.15) is 4.90 Å². The second-order valence-corrected chi connectivity index (χ2v) is 7.45. The summed E-state index contributed by atoms with van der Waals surface area (Å²) < 4.78 is 34.0. The molecule has 7 nitrogen and oxygen atoms in total. The lowest BCUT2D eigenvalue weighted by Crippen LogP contribution is -2.37. The molecular weight excluding hydrogens is 280 g/mol. The Balaban J connectivity index is 1.87. The van der Waals surface area contributed by atoms with Crippen molar-refractivity contribution in [2.24, 2.45) is 13.0 Å². The van der Waals surface area contributed by atoms with Crippen LogP contribution in [0.15, 0.2) is 11.1 Å². The Morgan fingerprint density at radius 2 is 2.25 bits per heavy atom. The van der Waals surface area contributed by atoms with Gasteiger partial charge in [0.25, 0.3) is 0 Å². The maximum Gasteiger partial charge on any atom is 0.248 e. The van der Waals surface area contributed by atoms with Crippen LogP contribution in [0.3, 0.4) is 0 Å². The van der Waals surface area contributed by atoms with E-state index in [1.165, 1.54) is 10.9 Å². The molecule has 2 aliphatic rings. The molecule has 0 bridgehead atoms. The van der Waals surface area contributed by atoms with Crippen molar-refractivity contribution in [1.29, 1.82) is 0 Å². The molecule has 8 heteroatoms. The lowest BCUT2D eigenvalue weighted by Gasteiger charge is -2.23. The van der Waals surface area contributed by atoms with E-state index in [1.54, 1.807) is 11.4 Å². The second kappa shape index (κ2) is 5.01. The van der Waals surface area contributed by atoms with E-state index in [1.807, 2.05) is 0 Å². The van der Waals surface area contributed by atoms with Crippen LogP contribution < -0.4 is 5.73 Å². The van der Waals surface area contributed by atoms with E-state index in [0.29, 0.717) is 13.2 Å². The van der Waals surface area contributed by atoms with E-state index in [0.717, 1.165) is 25.9 Å². The van der Waals surface area contributed by atoms with Crippen molar-refractivity contribution in [3.05, 3.63) is 6.20 Å². The molecule has 3 rings (SSSR count). The smallest absolute Gasteiger partial charge is 0.248 e. The molecular formula is C12H20N4O3S. The van der Waals surface area contributed by atoms with Crippen molar-refractivity contribution in [3.63, 3.8) is 0 Å². The van der Waals surface area contributed by atoms with Crippen LogP contribution in [0.25, 0.3) is 0 Å². The molecule has 1 aromatic heterocycles. The molecule has 2 heterocycles. The number of aryl methyl sites for hydroxylation is 1. The average molecular weight is 300 g/mol. The summed E-state index contributed by atoms with van der Waals surface area (Å²) in [5.74, 6) is 0.351. The van der Waals surface area contributed by atoms with E-state index in [-0.39, 0.29) is 22.7 Å². The summed E-state index contributed by atoms with van der Waals surface area (Å²) in [7, 11) is -1.90. The van der Waals surface area contributed by atoms with Crippen LogP contribution in [0.2, 0.25) is 0 Å². The Labute approximate surface area is 118 Å². The fourth-order valence-electron chi connectivity index (χ4n) is 2.60. The normalized spacial score (nSPS) is 23.6. The Hall–Kier alpha value is -1.12. The summed E-state index contributed by atoms with van der Waals surface area (Å²) in [4.78, 5) is 0.116. The molecule has 0 aromatic carbocycles. The number of aromatic nitrogens is 2. The maximum absolute atomic E-state index is 12.8. The van der Waals surface area contributed by atoms with Gasteiger partial charge in [-0.3, -0.25) is 4.68 Å². The molecule has 112 valence electrons. The molecule has 0 spiro atoms. The van der Waals surface area contributed by atoms with Gasteiger partial charge in [0.2, 0.25) is 10.0 Å². The van der Waals surface area contributed by atoms with Crippen LogP contribution in [0, 0.1) is 5.92 Å². The first kappa shape index (κ1) is 13.8. The highest BCUT2D eigenvalue weighted by Crippen LogP contribution is 2.34. The number of sulfonamides is 1. The summed E-state index contributed by atoms with van der Waals surface area (Å²) in [6, 6.07) is 0.111. The molecule has 1 aliphatic carbocycles. The maximum atomic E-state index is 12.8. The van der Waals surface area contributed by atoms with Crippen molar-refractivity contribution in [1.82, 2.24) is 14.1 Å². The van der Waals surface area contributed by atoms with Crippen LogP contribution in [-0.2, 0) is 21.8 Å². The Bertz CT molecular complexity index is 588. The van der Waals surface area contributed by atoms with Crippen molar-refractivity contribution in [2.45, 2.75) is 30.2 Å². The summed E-state index contributed by atoms with van der Waals surface area (Å²) >= 11 is 0. The summed E-state index contributed by atoms with van der Waals surface area (Å²) in [6.07, 6.45) is 4.24. The molecule has 0 radical (unpaired) electrons. The zero-order valence-electron chi connectivity index (χ0n) is 11.5. The quantitative estimate of drug-likeness (QED) is 0.838. The SMILES string of the molecule is Cn1cc(S(=O)(=O)N(CC2CCOC2)C2CC2)c(N)n1. The third-order valence-electron chi connectivity index (χ3n) is 3.82. The molecule has 2 fully saturated rings. The highest BCUT2D eigenvalue weighted by atomic mass is 32.2. The van der Waals surface area contributed by atoms with Gasteiger partial charge in [-0.05, 0) is 25.2 Å². The second-order valence-electron chi connectivity index (χ2n) is 5.59. The largest absolute Gasteiger partial charge is 0.381 e. The molecule has 1 atom stereocenters. The number of hydrogen-bond acceptors (Lipinski definition) is 5. The van der Waals surface area contributed by atoms with E-state index in [4.69, 9.17) is 10.5 Å². The Morgan fingerprint density at radius 3 is 2.75 bits per heavy atom. The first-order valence-corrected chi connectivity index (χ1v) is 8.31. The van der Waals surface area contributed by atoms with E-state index >= 15 is 0 Å². The minimum atomic E-state index is -3.57. The van der Waals surface area contributed by atoms with Crippen LogP contribution in [0.1, 0.15) is 19.3 Å². The first-order chi connectivity index (χ1) is 9.48. The van der Waals surface area contributed by atoms with Gasteiger partial charge in [0.15, 0.2) is 5.82 Å². The van der Waals surface area contributed by atoms with Gasteiger partial charge in [-0.1, -0.05) is 0 Å². The monoisotopic (exact) mass is 300 g/mol. The Morgan fingerprint density at radius 1 is 1.50 bits per heavy atom. The fourth-order valence-corrected chi connectivity index (χ4v) is 4.45. The molecule has 0 amide bonds. The highest BCUT2D eigenvalue weighted by Gasteiger charge is 2.41. The number of rotatable bonds is 5. The first-order valence-electron chi connectivity index (χ1n) is 6.87. The van der Waals surface area contributed by atoms with Crippen molar-refractivity contribution >= 4 is 15.8 Å². The van der Waals surface area contributed by atoms with E-state index in [9.17, 15) is 8.42 Å². The number of nitrogens with zero attached hydrogens (tertiary/aromatic N) is 3. The van der Waals surface area contributed by atoms with E-state index in [2.05, 4.69) is 5.10 Å². The van der Waals surface area contributed by atoms with Crippen molar-refractivity contribution < 1.29 is 13.2 Å². The minimum Gasteiger partial charge on any atom is -0.381 e. The van der Waals surface area contributed by atoms with Crippen LogP contribution in [0.5, 0.6) is 0 Å². The molecule has 1 aliphatic heterocycles. The number of ether oxygens (including phenoxy) is 1. The van der Waals surface area contributed by atoms with Crippen LogP contribution >= 0.6 is 0 Å². The lowest BCUT2D eigenvalue weighted by atomic mass is 10.1. The minimum absolute atomic E-state index is 0.0702.